The monoisotopic (exact) mass is 175 g/mol. The Morgan fingerprint density at radius 3 is 2.45 bits per heavy atom. The van der Waals surface area contributed by atoms with Crippen LogP contribution in [0.4, 0.5) is 0 Å². The maximum atomic E-state index is 3.48. The van der Waals surface area contributed by atoms with Gasteiger partial charge in [0.2, 0.25) is 0 Å². The minimum atomic E-state index is 0.678. The molecule has 0 aromatic heterocycles. The minimum Gasteiger partial charge on any atom is -0.314 e. The van der Waals surface area contributed by atoms with E-state index in [9.17, 15) is 0 Å². The lowest BCUT2D eigenvalue weighted by atomic mass is 10.2. The molecule has 0 saturated heterocycles. The smallest absolute Gasteiger partial charge is 0.00491 e. The summed E-state index contributed by atoms with van der Waals surface area (Å²) in [7, 11) is 0. The van der Waals surface area contributed by atoms with Crippen LogP contribution in [0.25, 0.3) is 0 Å². The fourth-order valence-electron chi connectivity index (χ4n) is 1.07. The first-order valence-corrected chi connectivity index (χ1v) is 5.75. The molecule has 0 radical (unpaired) electrons. The number of rotatable bonds is 6. The Labute approximate surface area is 75.3 Å². The van der Waals surface area contributed by atoms with Gasteiger partial charge in [-0.1, -0.05) is 13.8 Å². The van der Waals surface area contributed by atoms with Crippen LogP contribution in [0.1, 0.15) is 33.6 Å². The van der Waals surface area contributed by atoms with Crippen LogP contribution < -0.4 is 5.32 Å². The summed E-state index contributed by atoms with van der Waals surface area (Å²) in [6, 6.07) is 0.678. The van der Waals surface area contributed by atoms with Gasteiger partial charge in [-0.05, 0) is 32.6 Å². The molecule has 0 aliphatic heterocycles. The van der Waals surface area contributed by atoms with E-state index in [0.29, 0.717) is 6.04 Å². The average molecular weight is 175 g/mol. The Hall–Kier alpha value is 0.310. The number of hydrogen-bond donors (Lipinski definition) is 1. The van der Waals surface area contributed by atoms with Crippen molar-refractivity contribution in [2.24, 2.45) is 0 Å². The van der Waals surface area contributed by atoms with E-state index in [1.165, 1.54) is 12.8 Å². The molecule has 11 heavy (non-hydrogen) atoms. The maximum Gasteiger partial charge on any atom is 0.00491 e. The molecule has 0 heterocycles. The number of nitrogens with one attached hydrogen (secondary N) is 1. The van der Waals surface area contributed by atoms with Gasteiger partial charge in [-0.3, -0.25) is 0 Å². The highest BCUT2D eigenvalue weighted by molar-refractivity contribution is 7.99. The third-order valence-electron chi connectivity index (χ3n) is 1.83. The maximum absolute atomic E-state index is 3.48. The molecule has 2 atom stereocenters. The Morgan fingerprint density at radius 1 is 1.36 bits per heavy atom. The van der Waals surface area contributed by atoms with Gasteiger partial charge in [0.25, 0.3) is 0 Å². The lowest BCUT2D eigenvalue weighted by Gasteiger charge is -2.16. The van der Waals surface area contributed by atoms with Crippen LogP contribution in [0.2, 0.25) is 0 Å². The summed E-state index contributed by atoms with van der Waals surface area (Å²) in [6.07, 6.45) is 4.69. The Balaban J connectivity index is 3.27. The first-order valence-electron chi connectivity index (χ1n) is 4.46. The Kier molecular flexibility index (Phi) is 7.18. The van der Waals surface area contributed by atoms with Crippen LogP contribution in [0.5, 0.6) is 0 Å². The fourth-order valence-corrected chi connectivity index (χ4v) is 1.55. The standard InChI is InChI=1S/C9H21NS/c1-5-6-10-8(2)7-9(3)11-4/h8-10H,5-7H2,1-4H3. The van der Waals surface area contributed by atoms with E-state index in [0.717, 1.165) is 11.8 Å². The van der Waals surface area contributed by atoms with E-state index in [4.69, 9.17) is 0 Å². The van der Waals surface area contributed by atoms with E-state index in [2.05, 4.69) is 32.3 Å². The van der Waals surface area contributed by atoms with Gasteiger partial charge in [-0.2, -0.15) is 11.8 Å². The minimum absolute atomic E-state index is 0.678. The van der Waals surface area contributed by atoms with Gasteiger partial charge in [-0.15, -0.1) is 0 Å². The van der Waals surface area contributed by atoms with E-state index >= 15 is 0 Å². The molecule has 0 bridgehead atoms. The average Bonchev–Trinajstić information content (AvgIpc) is 2.00. The lowest BCUT2D eigenvalue weighted by molar-refractivity contribution is 0.513. The molecule has 1 nitrogen and oxygen atoms in total. The van der Waals surface area contributed by atoms with E-state index in [1.807, 2.05) is 11.8 Å². The van der Waals surface area contributed by atoms with Crippen molar-refractivity contribution in [2.45, 2.75) is 44.9 Å². The van der Waals surface area contributed by atoms with E-state index in [-0.39, 0.29) is 0 Å². The molecule has 0 saturated carbocycles. The van der Waals surface area contributed by atoms with Crippen molar-refractivity contribution in [3.05, 3.63) is 0 Å². The molecule has 0 amide bonds. The molecule has 0 aromatic rings. The topological polar surface area (TPSA) is 12.0 Å². The molecule has 2 unspecified atom stereocenters. The second kappa shape index (κ2) is 6.99. The normalized spacial score (nSPS) is 16.4. The molecule has 2 heteroatoms. The number of thioether (sulfide) groups is 1. The van der Waals surface area contributed by atoms with Crippen molar-refractivity contribution >= 4 is 11.8 Å². The predicted molar refractivity (Wildman–Crippen MR) is 55.3 cm³/mol. The summed E-state index contributed by atoms with van der Waals surface area (Å²) in [6.45, 7) is 7.91. The van der Waals surface area contributed by atoms with Gasteiger partial charge < -0.3 is 5.32 Å². The lowest BCUT2D eigenvalue weighted by Crippen LogP contribution is -2.28. The molecular weight excluding hydrogens is 154 g/mol. The third-order valence-corrected chi connectivity index (χ3v) is 2.83. The van der Waals surface area contributed by atoms with Gasteiger partial charge >= 0.3 is 0 Å². The summed E-state index contributed by atoms with van der Waals surface area (Å²) in [5.74, 6) is 0. The van der Waals surface area contributed by atoms with Crippen molar-refractivity contribution in [1.82, 2.24) is 5.32 Å². The first-order chi connectivity index (χ1) is 5.20. The fraction of sp³-hybridized carbons (Fsp3) is 1.00. The molecule has 0 aromatic carbocycles. The summed E-state index contributed by atoms with van der Waals surface area (Å²) in [4.78, 5) is 0. The summed E-state index contributed by atoms with van der Waals surface area (Å²) >= 11 is 1.95. The second-order valence-electron chi connectivity index (χ2n) is 3.14. The first kappa shape index (κ1) is 11.3. The molecule has 1 N–H and O–H groups in total. The Bertz CT molecular complexity index is 85.6. The van der Waals surface area contributed by atoms with Crippen LogP contribution in [0.3, 0.4) is 0 Å². The summed E-state index contributed by atoms with van der Waals surface area (Å²) < 4.78 is 0. The van der Waals surface area contributed by atoms with Gasteiger partial charge in [0, 0.05) is 11.3 Å². The van der Waals surface area contributed by atoms with Gasteiger partial charge in [0.15, 0.2) is 0 Å². The molecule has 0 aliphatic rings. The van der Waals surface area contributed by atoms with Crippen molar-refractivity contribution < 1.29 is 0 Å². The van der Waals surface area contributed by atoms with Crippen LogP contribution in [0.15, 0.2) is 0 Å². The highest BCUT2D eigenvalue weighted by Gasteiger charge is 2.05. The van der Waals surface area contributed by atoms with Crippen molar-refractivity contribution in [1.29, 1.82) is 0 Å². The van der Waals surface area contributed by atoms with Crippen molar-refractivity contribution in [3.8, 4) is 0 Å². The van der Waals surface area contributed by atoms with Crippen LogP contribution in [-0.4, -0.2) is 24.1 Å². The van der Waals surface area contributed by atoms with Gasteiger partial charge in [0.05, 0.1) is 0 Å². The van der Waals surface area contributed by atoms with Crippen molar-refractivity contribution in [2.75, 3.05) is 12.8 Å². The van der Waals surface area contributed by atoms with E-state index < -0.39 is 0 Å². The molecular formula is C9H21NS. The second-order valence-corrected chi connectivity index (χ2v) is 4.41. The largest absolute Gasteiger partial charge is 0.314 e. The number of hydrogen-bond acceptors (Lipinski definition) is 2. The van der Waals surface area contributed by atoms with Gasteiger partial charge in [-0.25, -0.2) is 0 Å². The van der Waals surface area contributed by atoms with Crippen molar-refractivity contribution in [3.63, 3.8) is 0 Å². The van der Waals surface area contributed by atoms with Crippen LogP contribution >= 0.6 is 11.8 Å². The molecule has 0 rings (SSSR count). The quantitative estimate of drug-likeness (QED) is 0.666. The third kappa shape index (κ3) is 6.70. The highest BCUT2D eigenvalue weighted by atomic mass is 32.2. The molecule has 68 valence electrons. The van der Waals surface area contributed by atoms with E-state index in [1.54, 1.807) is 0 Å². The Morgan fingerprint density at radius 2 is 2.00 bits per heavy atom. The zero-order chi connectivity index (χ0) is 8.69. The zero-order valence-corrected chi connectivity index (χ0v) is 9.00. The predicted octanol–water partition coefficient (Wildman–Crippen LogP) is 2.52. The van der Waals surface area contributed by atoms with Gasteiger partial charge in [0.1, 0.15) is 0 Å². The zero-order valence-electron chi connectivity index (χ0n) is 8.18. The SMILES string of the molecule is CCCNC(C)CC(C)SC. The summed E-state index contributed by atoms with van der Waals surface area (Å²) in [5.41, 5.74) is 0. The molecule has 0 fully saturated rings. The molecule has 0 spiro atoms. The highest BCUT2D eigenvalue weighted by Crippen LogP contribution is 2.11. The van der Waals surface area contributed by atoms with Crippen LogP contribution in [-0.2, 0) is 0 Å². The summed E-state index contributed by atoms with van der Waals surface area (Å²) in [5, 5.41) is 4.27. The molecule has 0 aliphatic carbocycles. The van der Waals surface area contributed by atoms with Crippen LogP contribution in [0, 0.1) is 0 Å².